The van der Waals surface area contributed by atoms with E-state index in [1.54, 1.807) is 12.1 Å². The van der Waals surface area contributed by atoms with Gasteiger partial charge in [0, 0.05) is 13.1 Å². The predicted octanol–water partition coefficient (Wildman–Crippen LogP) is 1.75. The Morgan fingerprint density at radius 2 is 1.67 bits per heavy atom. The number of ether oxygens (including phenoxy) is 3. The summed E-state index contributed by atoms with van der Waals surface area (Å²) in [5.74, 6) is 0.520. The van der Waals surface area contributed by atoms with E-state index in [0.717, 1.165) is 25.9 Å². The third-order valence-electron chi connectivity index (χ3n) is 5.43. The molecule has 0 spiro atoms. The van der Waals surface area contributed by atoms with E-state index >= 15 is 0 Å². The van der Waals surface area contributed by atoms with Gasteiger partial charge in [-0.05, 0) is 56.1 Å². The largest absolute Gasteiger partial charge is 0.490 e. The summed E-state index contributed by atoms with van der Waals surface area (Å²) in [6.45, 7) is 7.86. The van der Waals surface area contributed by atoms with Crippen LogP contribution in [0.2, 0.25) is 0 Å². The van der Waals surface area contributed by atoms with Crippen molar-refractivity contribution in [2.75, 3.05) is 52.6 Å². The fourth-order valence-corrected chi connectivity index (χ4v) is 5.30. The fourth-order valence-electron chi connectivity index (χ4n) is 3.89. The molecule has 0 amide bonds. The maximum Gasteiger partial charge on any atom is 0.323 e. The lowest BCUT2D eigenvalue weighted by molar-refractivity contribution is -0.152. The van der Waals surface area contributed by atoms with E-state index in [4.69, 9.17) is 14.2 Å². The monoisotopic (exact) mass is 440 g/mol. The van der Waals surface area contributed by atoms with Crippen molar-refractivity contribution >= 4 is 16.0 Å². The molecule has 0 bridgehead atoms. The summed E-state index contributed by atoms with van der Waals surface area (Å²) in [5.41, 5.74) is 0. The molecular weight excluding hydrogens is 408 g/mol. The molecule has 8 nitrogen and oxygen atoms in total. The average molecular weight is 441 g/mol. The van der Waals surface area contributed by atoms with Gasteiger partial charge in [0.2, 0.25) is 10.0 Å². The zero-order chi connectivity index (χ0) is 21.6. The fraction of sp³-hybridized carbons (Fsp3) is 0.667. The van der Waals surface area contributed by atoms with E-state index < -0.39 is 10.0 Å². The number of nitrogens with zero attached hydrogens (tertiary/aromatic N) is 2. The van der Waals surface area contributed by atoms with Crippen LogP contribution >= 0.6 is 0 Å². The SMILES string of the molecule is CC(C)C(C(=O)OCCOc1ccc(S(=O)(=O)N2CCOCC2)cc1)N1CCCC1. The number of carbonyl (C=O) groups is 1. The van der Waals surface area contributed by atoms with Gasteiger partial charge in [-0.3, -0.25) is 9.69 Å². The highest BCUT2D eigenvalue weighted by Crippen LogP contribution is 2.21. The summed E-state index contributed by atoms with van der Waals surface area (Å²) < 4.78 is 43.0. The van der Waals surface area contributed by atoms with Crippen LogP contribution in [0.3, 0.4) is 0 Å². The molecule has 0 saturated carbocycles. The van der Waals surface area contributed by atoms with Gasteiger partial charge in [0.15, 0.2) is 0 Å². The first-order valence-corrected chi connectivity index (χ1v) is 12.0. The molecule has 2 fully saturated rings. The van der Waals surface area contributed by atoms with Crippen LogP contribution in [-0.2, 0) is 24.3 Å². The Bertz CT molecular complexity index is 784. The lowest BCUT2D eigenvalue weighted by Crippen LogP contribution is -2.44. The smallest absolute Gasteiger partial charge is 0.323 e. The lowest BCUT2D eigenvalue weighted by Gasteiger charge is -2.28. The molecule has 1 atom stereocenters. The van der Waals surface area contributed by atoms with Crippen molar-refractivity contribution in [1.29, 1.82) is 0 Å². The first-order chi connectivity index (χ1) is 14.4. The Labute approximate surface area is 179 Å². The van der Waals surface area contributed by atoms with Crippen molar-refractivity contribution in [3.05, 3.63) is 24.3 Å². The number of rotatable bonds is 9. The highest BCUT2D eigenvalue weighted by atomic mass is 32.2. The Kier molecular flexibility index (Phi) is 8.10. The number of sulfonamides is 1. The van der Waals surface area contributed by atoms with Crippen LogP contribution in [0.1, 0.15) is 26.7 Å². The Morgan fingerprint density at radius 3 is 2.27 bits per heavy atom. The molecule has 9 heteroatoms. The first-order valence-electron chi connectivity index (χ1n) is 10.6. The molecule has 30 heavy (non-hydrogen) atoms. The molecule has 2 aliphatic heterocycles. The van der Waals surface area contributed by atoms with Gasteiger partial charge in [-0.25, -0.2) is 8.42 Å². The molecule has 1 unspecified atom stereocenters. The van der Waals surface area contributed by atoms with E-state index in [-0.39, 0.29) is 36.0 Å². The molecule has 168 valence electrons. The van der Waals surface area contributed by atoms with Crippen LogP contribution in [0.25, 0.3) is 0 Å². The van der Waals surface area contributed by atoms with E-state index in [1.165, 1.54) is 16.4 Å². The van der Waals surface area contributed by atoms with Gasteiger partial charge in [-0.1, -0.05) is 13.8 Å². The number of likely N-dealkylation sites (tertiary alicyclic amines) is 1. The standard InChI is InChI=1S/C21H32N2O6S/c1-17(2)20(22-9-3-4-10-22)21(24)29-16-15-28-18-5-7-19(8-6-18)30(25,26)23-11-13-27-14-12-23/h5-8,17,20H,3-4,9-16H2,1-2H3. The molecule has 2 aliphatic rings. The zero-order valence-electron chi connectivity index (χ0n) is 17.8. The number of benzene rings is 1. The summed E-state index contributed by atoms with van der Waals surface area (Å²) in [4.78, 5) is 14.9. The molecule has 0 aromatic heterocycles. The minimum absolute atomic E-state index is 0.156. The Morgan fingerprint density at radius 1 is 1.03 bits per heavy atom. The van der Waals surface area contributed by atoms with Crippen molar-refractivity contribution < 1.29 is 27.4 Å². The highest BCUT2D eigenvalue weighted by Gasteiger charge is 2.32. The molecule has 0 radical (unpaired) electrons. The second kappa shape index (κ2) is 10.6. The number of morpholine rings is 1. The van der Waals surface area contributed by atoms with Crippen LogP contribution < -0.4 is 4.74 Å². The molecule has 1 aromatic carbocycles. The third kappa shape index (κ3) is 5.72. The quantitative estimate of drug-likeness (QED) is 0.427. The first kappa shape index (κ1) is 23.0. The number of hydrogen-bond donors (Lipinski definition) is 0. The average Bonchev–Trinajstić information content (AvgIpc) is 3.26. The number of hydrogen-bond acceptors (Lipinski definition) is 7. The van der Waals surface area contributed by atoms with Crippen LogP contribution in [0.5, 0.6) is 5.75 Å². The highest BCUT2D eigenvalue weighted by molar-refractivity contribution is 7.89. The Balaban J connectivity index is 1.46. The molecule has 3 rings (SSSR count). The van der Waals surface area contributed by atoms with Gasteiger partial charge in [0.1, 0.15) is 25.0 Å². The van der Waals surface area contributed by atoms with Crippen LogP contribution in [0, 0.1) is 5.92 Å². The Hall–Kier alpha value is -1.68. The molecular formula is C21H32N2O6S. The van der Waals surface area contributed by atoms with Crippen molar-refractivity contribution in [2.24, 2.45) is 5.92 Å². The van der Waals surface area contributed by atoms with Crippen molar-refractivity contribution in [3.63, 3.8) is 0 Å². The van der Waals surface area contributed by atoms with Gasteiger partial charge in [-0.2, -0.15) is 4.31 Å². The summed E-state index contributed by atoms with van der Waals surface area (Å²) in [7, 11) is -3.52. The van der Waals surface area contributed by atoms with Gasteiger partial charge >= 0.3 is 5.97 Å². The molecule has 2 heterocycles. The van der Waals surface area contributed by atoms with E-state index in [9.17, 15) is 13.2 Å². The van der Waals surface area contributed by atoms with Crippen LogP contribution in [0.15, 0.2) is 29.2 Å². The van der Waals surface area contributed by atoms with Gasteiger partial charge in [0.25, 0.3) is 0 Å². The van der Waals surface area contributed by atoms with Gasteiger partial charge in [0.05, 0.1) is 18.1 Å². The summed E-state index contributed by atoms with van der Waals surface area (Å²) in [6.07, 6.45) is 2.24. The lowest BCUT2D eigenvalue weighted by atomic mass is 10.0. The second-order valence-corrected chi connectivity index (χ2v) is 9.87. The maximum atomic E-state index is 12.6. The minimum Gasteiger partial charge on any atom is -0.490 e. The summed E-state index contributed by atoms with van der Waals surface area (Å²) in [6, 6.07) is 6.10. The van der Waals surface area contributed by atoms with Crippen molar-refractivity contribution in [3.8, 4) is 5.75 Å². The predicted molar refractivity (Wildman–Crippen MR) is 112 cm³/mol. The molecule has 0 N–H and O–H groups in total. The molecule has 0 aliphatic carbocycles. The number of esters is 1. The minimum atomic E-state index is -3.52. The molecule has 2 saturated heterocycles. The van der Waals surface area contributed by atoms with Gasteiger partial charge in [-0.15, -0.1) is 0 Å². The van der Waals surface area contributed by atoms with E-state index in [0.29, 0.717) is 32.1 Å². The van der Waals surface area contributed by atoms with Crippen LogP contribution in [0.4, 0.5) is 0 Å². The maximum absolute atomic E-state index is 12.6. The van der Waals surface area contributed by atoms with E-state index in [2.05, 4.69) is 4.90 Å². The summed E-state index contributed by atoms with van der Waals surface area (Å²) >= 11 is 0. The topological polar surface area (TPSA) is 85.4 Å². The molecule has 1 aromatic rings. The second-order valence-electron chi connectivity index (χ2n) is 7.94. The van der Waals surface area contributed by atoms with Crippen molar-refractivity contribution in [1.82, 2.24) is 9.21 Å². The van der Waals surface area contributed by atoms with Gasteiger partial charge < -0.3 is 14.2 Å². The van der Waals surface area contributed by atoms with Crippen LogP contribution in [-0.4, -0.2) is 82.2 Å². The van der Waals surface area contributed by atoms with E-state index in [1.807, 2.05) is 13.8 Å². The van der Waals surface area contributed by atoms with Crippen molar-refractivity contribution in [2.45, 2.75) is 37.6 Å². The number of carbonyl (C=O) groups excluding carboxylic acids is 1. The zero-order valence-corrected chi connectivity index (χ0v) is 18.6. The third-order valence-corrected chi connectivity index (χ3v) is 7.35. The summed E-state index contributed by atoms with van der Waals surface area (Å²) in [5, 5.41) is 0. The normalized spacial score (nSPS) is 19.7.